The zero-order valence-electron chi connectivity index (χ0n) is 39.6. The molecular weight excluding hydrogens is 833 g/mol. The summed E-state index contributed by atoms with van der Waals surface area (Å²) in [6.07, 6.45) is 10.1. The van der Waals surface area contributed by atoms with E-state index in [1.165, 1.54) is 18.9 Å². The third-order valence-corrected chi connectivity index (χ3v) is 20.2. The summed E-state index contributed by atoms with van der Waals surface area (Å²) in [6, 6.07) is 1.96. The van der Waals surface area contributed by atoms with Gasteiger partial charge in [-0.25, -0.2) is 0 Å². The van der Waals surface area contributed by atoms with Crippen LogP contribution >= 0.6 is 0 Å². The number of rotatable bonds is 5. The van der Waals surface area contributed by atoms with E-state index in [4.69, 9.17) is 4.74 Å². The van der Waals surface area contributed by atoms with Gasteiger partial charge in [0.25, 0.3) is 0 Å². The van der Waals surface area contributed by atoms with Gasteiger partial charge in [0, 0.05) is 54.8 Å². The molecule has 11 nitrogen and oxygen atoms in total. The van der Waals surface area contributed by atoms with Gasteiger partial charge in [-0.1, -0.05) is 38.3 Å². The number of ketones is 2. The normalized spacial score (nSPS) is 48.5. The number of hydrogen-bond donors (Lipinski definition) is 7. The average Bonchev–Trinajstić information content (AvgIpc) is 3.99. The standard InChI is InChI=1S/C55H72N2O9/c1-30-11-12-33-13-14-37-31(2)22-44(61)52(5,64)48-35(10-8-9-34(23-39(37)38(33)21-30)40-29-66-50(63)45(40)36-16-20-56-28-36)24-55(65)46-41-15-19-53(48,55)17-6-7-18-54(49(62)47(46)57-27-32(3)58)26-43(60)42(59)25-51(41,54)4/h13,16,20,28,30-31,34-35,37-45,48,56-57,59-61,64-65H,10-12,14-15,17-19,21-27,29H2,1-5H3. The van der Waals surface area contributed by atoms with E-state index in [9.17, 15) is 35.1 Å². The summed E-state index contributed by atoms with van der Waals surface area (Å²) in [6.45, 7) is 9.94. The van der Waals surface area contributed by atoms with Crippen LogP contribution in [-0.4, -0.2) is 90.7 Å². The van der Waals surface area contributed by atoms with Crippen LogP contribution in [0, 0.1) is 99.1 Å². The number of carbonyl (C=O) groups is 3. The second-order valence-electron chi connectivity index (χ2n) is 23.5. The minimum absolute atomic E-state index is 0.0131. The van der Waals surface area contributed by atoms with Crippen LogP contribution in [0.25, 0.3) is 0 Å². The number of ether oxygens (including phenoxy) is 1. The predicted octanol–water partition coefficient (Wildman–Crippen LogP) is 5.91. The number of esters is 1. The molecule has 7 N–H and O–H groups in total. The first-order valence-electron chi connectivity index (χ1n) is 25.3. The molecule has 5 fully saturated rings. The van der Waals surface area contributed by atoms with Gasteiger partial charge >= 0.3 is 5.97 Å². The molecule has 4 bridgehead atoms. The Balaban J connectivity index is 1.13. The number of cyclic esters (lactones) is 1. The Bertz CT molecular complexity index is 2330. The van der Waals surface area contributed by atoms with E-state index in [1.807, 2.05) is 25.4 Å². The number of hydrogen-bond acceptors (Lipinski definition) is 10. The summed E-state index contributed by atoms with van der Waals surface area (Å²) < 4.78 is 5.90. The second kappa shape index (κ2) is 16.5. The van der Waals surface area contributed by atoms with Gasteiger partial charge in [-0.05, 0) is 149 Å². The lowest BCUT2D eigenvalue weighted by atomic mass is 9.39. The first-order chi connectivity index (χ1) is 31.4. The third-order valence-electron chi connectivity index (χ3n) is 20.2. The van der Waals surface area contributed by atoms with Gasteiger partial charge in [0.1, 0.15) is 5.78 Å². The quantitative estimate of drug-likeness (QED) is 0.106. The Kier molecular flexibility index (Phi) is 11.5. The first kappa shape index (κ1) is 46.0. The Morgan fingerprint density at radius 1 is 0.955 bits per heavy atom. The molecular formula is C55H72N2O9. The Hall–Kier alpha value is -3.71. The number of aliphatic hydroxyl groups excluding tert-OH is 3. The molecule has 9 aliphatic carbocycles. The van der Waals surface area contributed by atoms with Crippen molar-refractivity contribution in [3.8, 4) is 23.7 Å². The third kappa shape index (κ3) is 6.74. The van der Waals surface area contributed by atoms with Gasteiger partial charge in [0.05, 0.1) is 59.7 Å². The predicted molar refractivity (Wildman–Crippen MR) is 246 cm³/mol. The van der Waals surface area contributed by atoms with Gasteiger partial charge in [-0.3, -0.25) is 14.4 Å². The maximum absolute atomic E-state index is 15.5. The van der Waals surface area contributed by atoms with E-state index in [0.717, 1.165) is 31.2 Å². The number of fused-ring (bicyclic) bond motifs is 8. The fraction of sp³-hybridized carbons (Fsp3) is 0.727. The van der Waals surface area contributed by atoms with E-state index < -0.39 is 69.4 Å². The summed E-state index contributed by atoms with van der Waals surface area (Å²) in [5.74, 6) is 12.6. The van der Waals surface area contributed by atoms with Crippen LogP contribution in [0.2, 0.25) is 0 Å². The van der Waals surface area contributed by atoms with E-state index >= 15 is 4.79 Å². The first-order valence-corrected chi connectivity index (χ1v) is 25.3. The minimum atomic E-state index is -1.71. The number of H-pyrrole nitrogens is 1. The largest absolute Gasteiger partial charge is 0.465 e. The van der Waals surface area contributed by atoms with Crippen LogP contribution < -0.4 is 5.32 Å². The Morgan fingerprint density at radius 2 is 1.73 bits per heavy atom. The molecule has 19 unspecified atom stereocenters. The van der Waals surface area contributed by atoms with E-state index in [1.54, 1.807) is 6.92 Å². The molecule has 1 saturated heterocycles. The fourth-order valence-corrected chi connectivity index (χ4v) is 16.9. The van der Waals surface area contributed by atoms with Crippen molar-refractivity contribution in [2.75, 3.05) is 13.2 Å². The number of allylic oxidation sites excluding steroid dienone is 3. The molecule has 11 heteroatoms. The van der Waals surface area contributed by atoms with E-state index in [0.29, 0.717) is 43.1 Å². The maximum atomic E-state index is 15.5. The molecule has 2 spiro atoms. The van der Waals surface area contributed by atoms with Crippen LogP contribution in [0.4, 0.5) is 0 Å². The summed E-state index contributed by atoms with van der Waals surface area (Å²) in [7, 11) is 0. The molecule has 0 aromatic carbocycles. The molecule has 19 atom stereocenters. The summed E-state index contributed by atoms with van der Waals surface area (Å²) in [4.78, 5) is 44.9. The molecule has 66 heavy (non-hydrogen) atoms. The van der Waals surface area contributed by atoms with Crippen molar-refractivity contribution in [2.45, 2.75) is 160 Å². The van der Waals surface area contributed by atoms with Crippen LogP contribution in [0.3, 0.4) is 0 Å². The highest BCUT2D eigenvalue weighted by Crippen LogP contribution is 2.74. The molecule has 1 aromatic heterocycles. The highest BCUT2D eigenvalue weighted by Gasteiger charge is 2.76. The smallest absolute Gasteiger partial charge is 0.313 e. The van der Waals surface area contributed by atoms with Gasteiger partial charge in [-0.2, -0.15) is 0 Å². The van der Waals surface area contributed by atoms with Crippen molar-refractivity contribution in [3.05, 3.63) is 46.9 Å². The van der Waals surface area contributed by atoms with Crippen molar-refractivity contribution in [2.24, 2.45) is 75.4 Å². The van der Waals surface area contributed by atoms with Crippen molar-refractivity contribution >= 4 is 17.5 Å². The van der Waals surface area contributed by atoms with Crippen LogP contribution in [-0.2, 0) is 19.1 Å². The number of nitrogens with one attached hydrogen (secondary N) is 2. The van der Waals surface area contributed by atoms with E-state index in [2.05, 4.69) is 53.9 Å². The number of aliphatic hydroxyl groups is 5. The molecule has 4 saturated carbocycles. The van der Waals surface area contributed by atoms with Gasteiger partial charge < -0.3 is 40.6 Å². The minimum Gasteiger partial charge on any atom is -0.465 e. The summed E-state index contributed by atoms with van der Waals surface area (Å²) in [5.41, 5.74) is -3.45. The molecule has 10 aliphatic rings. The average molecular weight is 905 g/mol. The topological polar surface area (TPSA) is 189 Å². The van der Waals surface area contributed by atoms with Gasteiger partial charge in [0.2, 0.25) is 0 Å². The maximum Gasteiger partial charge on any atom is 0.313 e. The lowest BCUT2D eigenvalue weighted by Crippen LogP contribution is -2.68. The highest BCUT2D eigenvalue weighted by atomic mass is 16.5. The van der Waals surface area contributed by atoms with Crippen LogP contribution in [0.15, 0.2) is 41.4 Å². The zero-order valence-corrected chi connectivity index (χ0v) is 39.6. The SMILES string of the molecule is CC(=O)CNC1=C2C3CCC4(CC#CCC5(CC(O)C(O)CC35C)C1=O)C1C(CC#CC(C3COC(=O)C3c3cc[nH]c3)CC3C5CC(C)CCC5=CCC3C(C)CC(O)C1(C)O)CC24O. The lowest BCUT2D eigenvalue weighted by Gasteiger charge is -2.65. The van der Waals surface area contributed by atoms with Crippen LogP contribution in [0.5, 0.6) is 0 Å². The summed E-state index contributed by atoms with van der Waals surface area (Å²) >= 11 is 0. The second-order valence-corrected chi connectivity index (χ2v) is 23.5. The van der Waals surface area contributed by atoms with Gasteiger partial charge in [0.15, 0.2) is 5.78 Å². The molecule has 2 heterocycles. The number of aromatic amines is 1. The lowest BCUT2D eigenvalue weighted by molar-refractivity contribution is -0.198. The molecule has 1 aliphatic heterocycles. The molecule has 0 amide bonds. The number of Topliss-reactive ketones (excluding diaryl/α,β-unsaturated/α-hetero) is 2. The fourth-order valence-electron chi connectivity index (χ4n) is 16.9. The van der Waals surface area contributed by atoms with Crippen molar-refractivity contribution in [3.63, 3.8) is 0 Å². The zero-order chi connectivity index (χ0) is 46.7. The van der Waals surface area contributed by atoms with Crippen molar-refractivity contribution < 1.29 is 44.7 Å². The molecule has 11 rings (SSSR count). The monoisotopic (exact) mass is 905 g/mol. The molecule has 356 valence electrons. The highest BCUT2D eigenvalue weighted by molar-refractivity contribution is 6.03. The van der Waals surface area contributed by atoms with Crippen molar-refractivity contribution in [1.29, 1.82) is 0 Å². The Labute approximate surface area is 390 Å². The Morgan fingerprint density at radius 3 is 2.48 bits per heavy atom. The number of carbonyl (C=O) groups excluding carboxylic acids is 3. The van der Waals surface area contributed by atoms with Gasteiger partial charge in [-0.15, -0.1) is 17.8 Å². The summed E-state index contributed by atoms with van der Waals surface area (Å²) in [5, 5.41) is 66.1. The molecule has 1 aromatic rings. The van der Waals surface area contributed by atoms with E-state index in [-0.39, 0.29) is 98.1 Å². The van der Waals surface area contributed by atoms with Crippen LogP contribution in [0.1, 0.15) is 136 Å². The molecule has 0 radical (unpaired) electrons. The van der Waals surface area contributed by atoms with Crippen molar-refractivity contribution in [1.82, 2.24) is 10.3 Å². The number of aromatic nitrogens is 1.